The number of nitrogens with one attached hydrogen (secondary N) is 2. The Bertz CT molecular complexity index is 2270. The fraction of sp³-hybridized carbons (Fsp3) is 0.0811. The van der Waals surface area contributed by atoms with Crippen molar-refractivity contribution in [1.82, 2.24) is 9.97 Å². The van der Waals surface area contributed by atoms with Gasteiger partial charge in [-0.05, 0) is 87.0 Å². The molecule has 2 amide bonds. The average molecular weight is 625 g/mol. The molecule has 4 heterocycles. The first-order valence-electron chi connectivity index (χ1n) is 14.5. The molecule has 6 nitrogen and oxygen atoms in total. The molecule has 0 saturated heterocycles. The molecule has 2 N–H and O–H groups in total. The lowest BCUT2D eigenvalue weighted by atomic mass is 10.0. The van der Waals surface area contributed by atoms with Crippen LogP contribution in [0.15, 0.2) is 103 Å². The second-order valence-electron chi connectivity index (χ2n) is 10.9. The number of fused-ring (bicyclic) bond motifs is 2. The Kier molecular flexibility index (Phi) is 7.45. The number of anilines is 2. The number of hydrogen-bond donors (Lipinski definition) is 2. The number of carbonyl (C=O) groups is 2. The molecule has 0 aliphatic heterocycles. The van der Waals surface area contributed by atoms with Gasteiger partial charge in [-0.3, -0.25) is 9.59 Å². The monoisotopic (exact) mass is 624 g/mol. The van der Waals surface area contributed by atoms with E-state index in [1.54, 1.807) is 22.7 Å². The number of benzene rings is 3. The van der Waals surface area contributed by atoms with E-state index >= 15 is 0 Å². The molecule has 0 bridgehead atoms. The van der Waals surface area contributed by atoms with Gasteiger partial charge >= 0.3 is 0 Å². The van der Waals surface area contributed by atoms with Crippen molar-refractivity contribution in [3.05, 3.63) is 130 Å². The molecule has 7 aromatic rings. The van der Waals surface area contributed by atoms with Crippen molar-refractivity contribution in [3.8, 4) is 21.1 Å². The van der Waals surface area contributed by atoms with Crippen molar-refractivity contribution in [2.45, 2.75) is 20.8 Å². The van der Waals surface area contributed by atoms with Gasteiger partial charge in [0.25, 0.3) is 11.8 Å². The largest absolute Gasteiger partial charge is 0.320 e. The third-order valence-electron chi connectivity index (χ3n) is 7.58. The van der Waals surface area contributed by atoms with Crippen LogP contribution in [0, 0.1) is 20.8 Å². The van der Waals surface area contributed by atoms with Crippen LogP contribution in [0.5, 0.6) is 0 Å². The zero-order valence-electron chi connectivity index (χ0n) is 24.8. The van der Waals surface area contributed by atoms with Gasteiger partial charge in [0.15, 0.2) is 0 Å². The van der Waals surface area contributed by atoms with E-state index < -0.39 is 0 Å². The Morgan fingerprint density at radius 2 is 1.04 bits per heavy atom. The molecule has 0 atom stereocenters. The Balaban J connectivity index is 1.24. The summed E-state index contributed by atoms with van der Waals surface area (Å²) in [6, 6.07) is 32.7. The minimum absolute atomic E-state index is 0.283. The lowest BCUT2D eigenvalue weighted by Gasteiger charge is -2.16. The van der Waals surface area contributed by atoms with Crippen LogP contribution in [0.4, 0.5) is 11.4 Å². The number of amides is 2. The number of rotatable bonds is 6. The summed E-state index contributed by atoms with van der Waals surface area (Å²) in [6.07, 6.45) is 0. The van der Waals surface area contributed by atoms with Gasteiger partial charge in [0.1, 0.15) is 0 Å². The second kappa shape index (κ2) is 11.7. The molecule has 8 heteroatoms. The maximum Gasteiger partial charge on any atom is 0.256 e. The molecule has 0 aliphatic carbocycles. The lowest BCUT2D eigenvalue weighted by molar-refractivity contribution is 0.101. The Morgan fingerprint density at radius 1 is 0.556 bits per heavy atom. The summed E-state index contributed by atoms with van der Waals surface area (Å²) in [5, 5.41) is 7.67. The molecule has 0 aliphatic rings. The van der Waals surface area contributed by atoms with E-state index in [0.717, 1.165) is 48.5 Å². The highest BCUT2D eigenvalue weighted by Crippen LogP contribution is 2.33. The molecular weight excluding hydrogens is 597 g/mol. The fourth-order valence-electron chi connectivity index (χ4n) is 5.37. The van der Waals surface area contributed by atoms with Gasteiger partial charge in [0.05, 0.1) is 54.7 Å². The Hall–Kier alpha value is -5.18. The number of pyridine rings is 2. The van der Waals surface area contributed by atoms with Gasteiger partial charge in [0.2, 0.25) is 0 Å². The number of aryl methyl sites for hydroxylation is 3. The molecule has 45 heavy (non-hydrogen) atoms. The van der Waals surface area contributed by atoms with Crippen LogP contribution in [-0.4, -0.2) is 21.8 Å². The van der Waals surface area contributed by atoms with E-state index in [1.165, 1.54) is 9.75 Å². The van der Waals surface area contributed by atoms with Crippen molar-refractivity contribution in [1.29, 1.82) is 0 Å². The summed E-state index contributed by atoms with van der Waals surface area (Å²) in [5.41, 5.74) is 5.95. The van der Waals surface area contributed by atoms with Crippen LogP contribution < -0.4 is 10.6 Å². The Labute approximate surface area is 268 Å². The van der Waals surface area contributed by atoms with Crippen LogP contribution in [-0.2, 0) is 0 Å². The molecular formula is C37H28N4O2S2. The van der Waals surface area contributed by atoms with Gasteiger partial charge in [-0.1, -0.05) is 42.5 Å². The minimum Gasteiger partial charge on any atom is -0.320 e. The van der Waals surface area contributed by atoms with E-state index in [9.17, 15) is 9.59 Å². The highest BCUT2D eigenvalue weighted by molar-refractivity contribution is 7.15. The van der Waals surface area contributed by atoms with Crippen LogP contribution in [0.3, 0.4) is 0 Å². The van der Waals surface area contributed by atoms with E-state index in [2.05, 4.69) is 30.5 Å². The van der Waals surface area contributed by atoms with Crippen LogP contribution in [0.25, 0.3) is 42.9 Å². The zero-order valence-corrected chi connectivity index (χ0v) is 26.5. The van der Waals surface area contributed by atoms with Crippen LogP contribution >= 0.6 is 22.7 Å². The van der Waals surface area contributed by atoms with Gasteiger partial charge in [-0.2, -0.15) is 0 Å². The molecule has 220 valence electrons. The van der Waals surface area contributed by atoms with E-state index in [-0.39, 0.29) is 11.8 Å². The third-order valence-corrected chi connectivity index (χ3v) is 9.63. The SMILES string of the molecule is Cc1ccc(NC(=O)c2cc(-c3ccc(C)s3)nc3ccccc23)c(NC(=O)c2cc(-c3ccc(C)s3)nc3ccccc23)c1. The topological polar surface area (TPSA) is 84.0 Å². The molecule has 0 unspecified atom stereocenters. The summed E-state index contributed by atoms with van der Waals surface area (Å²) >= 11 is 3.28. The van der Waals surface area contributed by atoms with Crippen LogP contribution in [0.2, 0.25) is 0 Å². The first-order chi connectivity index (χ1) is 21.8. The predicted octanol–water partition coefficient (Wildman–Crippen LogP) is 9.67. The summed E-state index contributed by atoms with van der Waals surface area (Å²) in [4.78, 5) is 41.9. The third kappa shape index (κ3) is 5.73. The van der Waals surface area contributed by atoms with Crippen molar-refractivity contribution in [2.24, 2.45) is 0 Å². The van der Waals surface area contributed by atoms with Gasteiger partial charge in [-0.15, -0.1) is 22.7 Å². The summed E-state index contributed by atoms with van der Waals surface area (Å²) in [6.45, 7) is 6.05. The maximum absolute atomic E-state index is 14.0. The standard InChI is InChI=1S/C37H28N4O2S2/c1-21-12-15-30(40-36(42)26-19-32(34-16-13-22(2)44-34)38-28-10-6-4-8-24(26)28)31(18-21)41-37(43)27-20-33(35-17-14-23(3)45-35)39-29-11-7-5-9-25(27)29/h4-20H,1-3H3,(H,40,42)(H,41,43). The van der Waals surface area contributed by atoms with Crippen LogP contribution in [0.1, 0.15) is 36.0 Å². The fourth-order valence-corrected chi connectivity index (χ4v) is 7.03. The van der Waals surface area contributed by atoms with Gasteiger partial charge < -0.3 is 10.6 Å². The molecule has 0 fully saturated rings. The Morgan fingerprint density at radius 3 is 1.53 bits per heavy atom. The molecule has 0 spiro atoms. The average Bonchev–Trinajstić information content (AvgIpc) is 3.69. The van der Waals surface area contributed by atoms with Crippen molar-refractivity contribution >= 4 is 67.7 Å². The minimum atomic E-state index is -0.285. The smallest absolute Gasteiger partial charge is 0.256 e. The summed E-state index contributed by atoms with van der Waals surface area (Å²) < 4.78 is 0. The molecule has 7 rings (SSSR count). The molecule has 4 aromatic heterocycles. The summed E-state index contributed by atoms with van der Waals surface area (Å²) in [5.74, 6) is -0.568. The summed E-state index contributed by atoms with van der Waals surface area (Å²) in [7, 11) is 0. The lowest BCUT2D eigenvalue weighted by Crippen LogP contribution is -2.18. The number of para-hydroxylation sites is 2. The van der Waals surface area contributed by atoms with E-state index in [0.29, 0.717) is 22.5 Å². The van der Waals surface area contributed by atoms with E-state index in [1.807, 2.05) is 104 Å². The number of thiophene rings is 2. The van der Waals surface area contributed by atoms with Crippen molar-refractivity contribution in [3.63, 3.8) is 0 Å². The first-order valence-corrected chi connectivity index (χ1v) is 16.1. The number of carbonyl (C=O) groups excluding carboxylic acids is 2. The van der Waals surface area contributed by atoms with E-state index in [4.69, 9.17) is 9.97 Å². The molecule has 0 saturated carbocycles. The van der Waals surface area contributed by atoms with Gasteiger partial charge in [0, 0.05) is 20.5 Å². The number of aromatic nitrogens is 2. The molecule has 3 aromatic carbocycles. The zero-order chi connectivity index (χ0) is 31.1. The van der Waals surface area contributed by atoms with Crippen molar-refractivity contribution < 1.29 is 9.59 Å². The first kappa shape index (κ1) is 28.6. The molecule has 0 radical (unpaired) electrons. The normalized spacial score (nSPS) is 11.2. The second-order valence-corrected chi connectivity index (χ2v) is 13.5. The highest BCUT2D eigenvalue weighted by atomic mass is 32.1. The number of nitrogens with zero attached hydrogens (tertiary/aromatic N) is 2. The number of hydrogen-bond acceptors (Lipinski definition) is 6. The maximum atomic E-state index is 14.0. The predicted molar refractivity (Wildman–Crippen MR) is 187 cm³/mol. The highest BCUT2D eigenvalue weighted by Gasteiger charge is 2.19. The van der Waals surface area contributed by atoms with Crippen molar-refractivity contribution in [2.75, 3.05) is 10.6 Å². The van der Waals surface area contributed by atoms with Gasteiger partial charge in [-0.25, -0.2) is 9.97 Å². The quantitative estimate of drug-likeness (QED) is 0.193.